The van der Waals surface area contributed by atoms with Gasteiger partial charge in [-0.1, -0.05) is 30.0 Å². The number of pyridine rings is 1. The summed E-state index contributed by atoms with van der Waals surface area (Å²) in [7, 11) is 0. The van der Waals surface area contributed by atoms with Gasteiger partial charge in [-0.3, -0.25) is 4.98 Å². The Labute approximate surface area is 167 Å². The largest absolute Gasteiger partial charge is 0.492 e. The Balaban J connectivity index is 1.54. The van der Waals surface area contributed by atoms with Crippen molar-refractivity contribution in [1.29, 1.82) is 0 Å². The van der Waals surface area contributed by atoms with Crippen LogP contribution < -0.4 is 4.74 Å². The predicted molar refractivity (Wildman–Crippen MR) is 111 cm³/mol. The number of rotatable bonds is 3. The van der Waals surface area contributed by atoms with Crippen LogP contribution in [0.1, 0.15) is 18.1 Å². The fraction of sp³-hybridized carbons (Fsp3) is 0.0800. The third kappa shape index (κ3) is 4.25. The molecule has 1 heterocycles. The van der Waals surface area contributed by atoms with Crippen LogP contribution in [0.5, 0.6) is 5.75 Å². The van der Waals surface area contributed by atoms with E-state index in [1.54, 1.807) is 24.4 Å². The van der Waals surface area contributed by atoms with Gasteiger partial charge in [0.15, 0.2) is 11.6 Å². The second kappa shape index (κ2) is 8.12. The van der Waals surface area contributed by atoms with Gasteiger partial charge in [0, 0.05) is 16.7 Å². The molecule has 2 nitrogen and oxygen atoms in total. The average molecular weight is 385 g/mol. The van der Waals surface area contributed by atoms with Crippen molar-refractivity contribution in [3.05, 3.63) is 95.7 Å². The molecule has 0 amide bonds. The van der Waals surface area contributed by atoms with Crippen LogP contribution in [0.15, 0.2) is 72.9 Å². The summed E-state index contributed by atoms with van der Waals surface area (Å²) in [6.07, 6.45) is 1.71. The van der Waals surface area contributed by atoms with Gasteiger partial charge in [-0.15, -0.1) is 0 Å². The Morgan fingerprint density at radius 2 is 1.48 bits per heavy atom. The molecule has 0 spiro atoms. The maximum atomic E-state index is 13.4. The lowest BCUT2D eigenvalue weighted by Crippen LogP contribution is -1.92. The molecule has 0 radical (unpaired) electrons. The van der Waals surface area contributed by atoms with Gasteiger partial charge in [0.05, 0.1) is 18.5 Å². The van der Waals surface area contributed by atoms with Crippen molar-refractivity contribution in [2.45, 2.75) is 6.92 Å². The average Bonchev–Trinajstić information content (AvgIpc) is 2.74. The highest BCUT2D eigenvalue weighted by Crippen LogP contribution is 2.21. The van der Waals surface area contributed by atoms with Gasteiger partial charge < -0.3 is 4.74 Å². The number of hydrogen-bond acceptors (Lipinski definition) is 2. The van der Waals surface area contributed by atoms with E-state index in [2.05, 4.69) is 16.8 Å². The molecule has 0 aliphatic carbocycles. The minimum Gasteiger partial charge on any atom is -0.492 e. The van der Waals surface area contributed by atoms with Crippen LogP contribution in [-0.2, 0) is 0 Å². The Kier molecular flexibility index (Phi) is 5.22. The van der Waals surface area contributed by atoms with Gasteiger partial charge in [-0.2, -0.15) is 0 Å². The van der Waals surface area contributed by atoms with Crippen LogP contribution in [0.25, 0.3) is 22.0 Å². The molecule has 0 saturated heterocycles. The molecular weight excluding hydrogens is 368 g/mol. The molecule has 0 fully saturated rings. The lowest BCUT2D eigenvalue weighted by Gasteiger charge is -2.04. The molecule has 0 N–H and O–H groups in total. The monoisotopic (exact) mass is 385 g/mol. The summed E-state index contributed by atoms with van der Waals surface area (Å²) >= 11 is 0. The molecule has 4 heteroatoms. The lowest BCUT2D eigenvalue weighted by atomic mass is 10.1. The predicted octanol–water partition coefficient (Wildman–Crippen LogP) is 5.98. The second-order valence-corrected chi connectivity index (χ2v) is 6.47. The zero-order chi connectivity index (χ0) is 20.2. The van der Waals surface area contributed by atoms with E-state index in [9.17, 15) is 8.78 Å². The first-order chi connectivity index (χ1) is 14.1. The minimum absolute atomic E-state index is 0.609. The van der Waals surface area contributed by atoms with E-state index in [4.69, 9.17) is 4.74 Å². The zero-order valence-electron chi connectivity index (χ0n) is 15.7. The first kappa shape index (κ1) is 18.6. The normalized spacial score (nSPS) is 10.4. The smallest absolute Gasteiger partial charge is 0.159 e. The van der Waals surface area contributed by atoms with E-state index in [0.29, 0.717) is 17.4 Å². The fourth-order valence-electron chi connectivity index (χ4n) is 2.99. The number of halogens is 2. The Hall–Kier alpha value is -3.71. The summed E-state index contributed by atoms with van der Waals surface area (Å²) < 4.78 is 32.2. The molecule has 142 valence electrons. The molecule has 0 atom stereocenters. The third-order valence-corrected chi connectivity index (χ3v) is 4.46. The highest BCUT2D eigenvalue weighted by atomic mass is 19.2. The SMILES string of the molecule is CCOc1ccc(-c2ccc(C#Cc3ccc4cc(F)c(F)cc4c3)cc2)nc1. The van der Waals surface area contributed by atoms with Crippen molar-refractivity contribution in [2.24, 2.45) is 0 Å². The number of ether oxygens (including phenoxy) is 1. The summed E-state index contributed by atoms with van der Waals surface area (Å²) in [5, 5.41) is 1.26. The Morgan fingerprint density at radius 1 is 0.793 bits per heavy atom. The van der Waals surface area contributed by atoms with Crippen molar-refractivity contribution in [3.8, 4) is 28.8 Å². The van der Waals surface area contributed by atoms with Crippen LogP contribution in [0.2, 0.25) is 0 Å². The number of aromatic nitrogens is 1. The maximum Gasteiger partial charge on any atom is 0.159 e. The fourth-order valence-corrected chi connectivity index (χ4v) is 2.99. The van der Waals surface area contributed by atoms with E-state index < -0.39 is 11.6 Å². The molecule has 29 heavy (non-hydrogen) atoms. The molecular formula is C25H17F2NO. The van der Waals surface area contributed by atoms with Crippen LogP contribution in [0.4, 0.5) is 8.78 Å². The van der Waals surface area contributed by atoms with Crippen LogP contribution >= 0.6 is 0 Å². The zero-order valence-corrected chi connectivity index (χ0v) is 15.7. The summed E-state index contributed by atoms with van der Waals surface area (Å²) in [5.74, 6) is 5.21. The van der Waals surface area contributed by atoms with Gasteiger partial charge >= 0.3 is 0 Å². The Bertz CT molecular complexity index is 1220. The lowest BCUT2D eigenvalue weighted by molar-refractivity contribution is 0.339. The molecule has 0 aliphatic heterocycles. The summed E-state index contributed by atoms with van der Waals surface area (Å²) in [5.41, 5.74) is 3.43. The number of hydrogen-bond donors (Lipinski definition) is 0. The topological polar surface area (TPSA) is 22.1 Å². The van der Waals surface area contributed by atoms with Gasteiger partial charge in [-0.25, -0.2) is 8.78 Å². The first-order valence-corrected chi connectivity index (χ1v) is 9.22. The number of benzene rings is 3. The summed E-state index contributed by atoms with van der Waals surface area (Å²) in [6, 6.07) is 19.3. The molecule has 3 aromatic carbocycles. The summed E-state index contributed by atoms with van der Waals surface area (Å²) in [4.78, 5) is 4.41. The second-order valence-electron chi connectivity index (χ2n) is 6.47. The van der Waals surface area contributed by atoms with Gasteiger partial charge in [0.2, 0.25) is 0 Å². The van der Waals surface area contributed by atoms with Crippen LogP contribution in [-0.4, -0.2) is 11.6 Å². The highest BCUT2D eigenvalue weighted by Gasteiger charge is 2.04. The quantitative estimate of drug-likeness (QED) is 0.405. The van der Waals surface area contributed by atoms with Gasteiger partial charge in [0.1, 0.15) is 5.75 Å². The van der Waals surface area contributed by atoms with Gasteiger partial charge in [0.25, 0.3) is 0 Å². The van der Waals surface area contributed by atoms with E-state index in [0.717, 1.165) is 28.1 Å². The van der Waals surface area contributed by atoms with Crippen LogP contribution in [0, 0.1) is 23.5 Å². The number of nitrogens with zero attached hydrogens (tertiary/aromatic N) is 1. The maximum absolute atomic E-state index is 13.4. The highest BCUT2D eigenvalue weighted by molar-refractivity contribution is 5.84. The van der Waals surface area contributed by atoms with E-state index in [-0.39, 0.29) is 0 Å². The van der Waals surface area contributed by atoms with Crippen molar-refractivity contribution in [2.75, 3.05) is 6.61 Å². The third-order valence-electron chi connectivity index (χ3n) is 4.46. The first-order valence-electron chi connectivity index (χ1n) is 9.22. The molecule has 0 unspecified atom stereocenters. The minimum atomic E-state index is -0.860. The molecule has 0 bridgehead atoms. The van der Waals surface area contributed by atoms with E-state index >= 15 is 0 Å². The molecule has 0 aliphatic rings. The van der Waals surface area contributed by atoms with Crippen molar-refractivity contribution in [3.63, 3.8) is 0 Å². The molecule has 4 aromatic rings. The molecule has 0 saturated carbocycles. The summed E-state index contributed by atoms with van der Waals surface area (Å²) in [6.45, 7) is 2.54. The van der Waals surface area contributed by atoms with Crippen molar-refractivity contribution < 1.29 is 13.5 Å². The standard InChI is InChI=1S/C25H17F2NO/c1-2-29-22-11-12-25(28-16-22)19-8-5-17(6-9-19)3-4-18-7-10-20-14-23(26)24(27)15-21(20)13-18/h5-16H,2H2,1H3. The van der Waals surface area contributed by atoms with Crippen molar-refractivity contribution >= 4 is 10.8 Å². The molecule has 1 aromatic heterocycles. The number of fused-ring (bicyclic) bond motifs is 1. The Morgan fingerprint density at radius 3 is 2.17 bits per heavy atom. The molecule has 4 rings (SSSR count). The van der Waals surface area contributed by atoms with Crippen LogP contribution in [0.3, 0.4) is 0 Å². The van der Waals surface area contributed by atoms with Gasteiger partial charge in [-0.05, 0) is 66.2 Å². The van der Waals surface area contributed by atoms with E-state index in [1.807, 2.05) is 43.3 Å². The van der Waals surface area contributed by atoms with Crippen molar-refractivity contribution in [1.82, 2.24) is 4.98 Å². The van der Waals surface area contributed by atoms with E-state index in [1.165, 1.54) is 12.1 Å².